The van der Waals surface area contributed by atoms with Crippen LogP contribution in [0.2, 0.25) is 10.0 Å². The lowest BCUT2D eigenvalue weighted by atomic mass is 10.1. The van der Waals surface area contributed by atoms with E-state index in [1.54, 1.807) is 28.9 Å². The first-order valence-electron chi connectivity index (χ1n) is 7.29. The minimum atomic E-state index is -0.187. The quantitative estimate of drug-likeness (QED) is 0.880. The molecule has 0 bridgehead atoms. The molecule has 2 aromatic rings. The van der Waals surface area contributed by atoms with Gasteiger partial charge in [-0.15, -0.1) is 0 Å². The van der Waals surface area contributed by atoms with Gasteiger partial charge in [0.25, 0.3) is 0 Å². The smallest absolute Gasteiger partial charge is 0.230 e. The largest absolute Gasteiger partial charge is 0.309 e. The average molecular weight is 348 g/mol. The van der Waals surface area contributed by atoms with Crippen molar-refractivity contribution in [3.05, 3.63) is 64.3 Å². The normalized spacial score (nSPS) is 13.7. The molecule has 0 aliphatic heterocycles. The zero-order chi connectivity index (χ0) is 16.2. The summed E-state index contributed by atoms with van der Waals surface area (Å²) in [5.41, 5.74) is 1.70. The topological polar surface area (TPSA) is 46.9 Å². The maximum Gasteiger partial charge on any atom is 0.230 e. The van der Waals surface area contributed by atoms with Crippen LogP contribution in [0.5, 0.6) is 0 Å². The number of nitrogens with zero attached hydrogens (tertiary/aromatic N) is 2. The van der Waals surface area contributed by atoms with Gasteiger partial charge in [-0.3, -0.25) is 4.79 Å². The van der Waals surface area contributed by atoms with Crippen molar-refractivity contribution in [1.82, 2.24) is 9.78 Å². The fourth-order valence-electron chi connectivity index (χ4n) is 2.35. The number of carbonyl (C=O) groups excluding carboxylic acids is 1. The van der Waals surface area contributed by atoms with Crippen LogP contribution in [0.3, 0.4) is 0 Å². The van der Waals surface area contributed by atoms with E-state index in [0.29, 0.717) is 21.4 Å². The highest BCUT2D eigenvalue weighted by Gasteiger charge is 2.11. The fourth-order valence-corrected chi connectivity index (χ4v) is 2.74. The third-order valence-corrected chi connectivity index (χ3v) is 4.34. The van der Waals surface area contributed by atoms with Gasteiger partial charge in [0.1, 0.15) is 0 Å². The number of nitrogens with one attached hydrogen (secondary N) is 1. The maximum atomic E-state index is 12.1. The number of halogens is 2. The summed E-state index contributed by atoms with van der Waals surface area (Å²) in [6.45, 7) is 0. The maximum absolute atomic E-state index is 12.1. The van der Waals surface area contributed by atoms with Crippen molar-refractivity contribution in [3.63, 3.8) is 0 Å². The standard InChI is InChI=1S/C17H15Cl2N3O/c18-14-8-4-5-12(17(14)19)11-16(23)20-15-9-10-22(21-15)13-6-2-1-3-7-13/h2,4-10H,1,3,11H2,(H,20,21,23). The summed E-state index contributed by atoms with van der Waals surface area (Å²) < 4.78 is 1.75. The van der Waals surface area contributed by atoms with Crippen LogP contribution in [-0.4, -0.2) is 15.7 Å². The van der Waals surface area contributed by atoms with Crippen molar-refractivity contribution in [2.75, 3.05) is 5.32 Å². The molecule has 0 radical (unpaired) electrons. The van der Waals surface area contributed by atoms with E-state index in [0.717, 1.165) is 18.5 Å². The van der Waals surface area contributed by atoms with Gasteiger partial charge < -0.3 is 5.32 Å². The summed E-state index contributed by atoms with van der Waals surface area (Å²) in [5.74, 6) is 0.320. The summed E-state index contributed by atoms with van der Waals surface area (Å²) in [5, 5.41) is 7.99. The van der Waals surface area contributed by atoms with E-state index in [1.165, 1.54) is 0 Å². The average Bonchev–Trinajstić information content (AvgIpc) is 3.01. The second kappa shape index (κ2) is 7.02. The van der Waals surface area contributed by atoms with Gasteiger partial charge in [-0.2, -0.15) is 5.10 Å². The monoisotopic (exact) mass is 347 g/mol. The van der Waals surface area contributed by atoms with Gasteiger partial charge in [0.2, 0.25) is 5.91 Å². The Morgan fingerprint density at radius 3 is 2.91 bits per heavy atom. The van der Waals surface area contributed by atoms with Crippen molar-refractivity contribution in [2.45, 2.75) is 19.3 Å². The summed E-state index contributed by atoms with van der Waals surface area (Å²) >= 11 is 12.1. The van der Waals surface area contributed by atoms with Crippen LogP contribution >= 0.6 is 23.2 Å². The number of benzene rings is 1. The molecule has 3 rings (SSSR count). The van der Waals surface area contributed by atoms with Crippen molar-refractivity contribution in [2.24, 2.45) is 0 Å². The number of aromatic nitrogens is 2. The Morgan fingerprint density at radius 1 is 1.26 bits per heavy atom. The predicted molar refractivity (Wildman–Crippen MR) is 93.7 cm³/mol. The highest BCUT2D eigenvalue weighted by molar-refractivity contribution is 6.42. The lowest BCUT2D eigenvalue weighted by Crippen LogP contribution is -2.15. The first-order valence-corrected chi connectivity index (χ1v) is 8.04. The van der Waals surface area contributed by atoms with E-state index in [9.17, 15) is 4.79 Å². The second-order valence-corrected chi connectivity index (χ2v) is 5.98. The number of hydrogen-bond acceptors (Lipinski definition) is 2. The zero-order valence-corrected chi connectivity index (χ0v) is 13.8. The Balaban J connectivity index is 1.66. The lowest BCUT2D eigenvalue weighted by Gasteiger charge is -2.07. The van der Waals surface area contributed by atoms with Gasteiger partial charge >= 0.3 is 0 Å². The van der Waals surface area contributed by atoms with E-state index >= 15 is 0 Å². The van der Waals surface area contributed by atoms with Crippen LogP contribution in [0.4, 0.5) is 5.82 Å². The van der Waals surface area contributed by atoms with E-state index in [1.807, 2.05) is 12.3 Å². The highest BCUT2D eigenvalue weighted by atomic mass is 35.5. The van der Waals surface area contributed by atoms with E-state index in [-0.39, 0.29) is 12.3 Å². The third kappa shape index (κ3) is 3.84. The molecule has 0 fully saturated rings. The molecule has 118 valence electrons. The number of carbonyl (C=O) groups is 1. The molecule has 1 aromatic carbocycles. The molecule has 23 heavy (non-hydrogen) atoms. The molecule has 1 amide bonds. The molecule has 6 heteroatoms. The van der Waals surface area contributed by atoms with Gasteiger partial charge in [-0.05, 0) is 30.5 Å². The lowest BCUT2D eigenvalue weighted by molar-refractivity contribution is -0.115. The van der Waals surface area contributed by atoms with Crippen LogP contribution in [0.15, 0.2) is 48.7 Å². The van der Waals surface area contributed by atoms with Crippen LogP contribution in [-0.2, 0) is 11.2 Å². The van der Waals surface area contributed by atoms with Crippen molar-refractivity contribution >= 4 is 40.6 Å². The zero-order valence-electron chi connectivity index (χ0n) is 12.3. The van der Waals surface area contributed by atoms with Gasteiger partial charge in [0.15, 0.2) is 5.82 Å². The molecule has 1 N–H and O–H groups in total. The molecule has 4 nitrogen and oxygen atoms in total. The second-order valence-electron chi connectivity index (χ2n) is 5.19. The first kappa shape index (κ1) is 15.8. The van der Waals surface area contributed by atoms with Crippen LogP contribution in [0.1, 0.15) is 18.4 Å². The minimum Gasteiger partial charge on any atom is -0.309 e. The van der Waals surface area contributed by atoms with E-state index in [2.05, 4.69) is 22.6 Å². The Kier molecular flexibility index (Phi) is 4.84. The van der Waals surface area contributed by atoms with E-state index in [4.69, 9.17) is 23.2 Å². The van der Waals surface area contributed by atoms with Gasteiger partial charge in [0, 0.05) is 12.3 Å². The Hall–Kier alpha value is -2.04. The molecular formula is C17H15Cl2N3O. The van der Waals surface area contributed by atoms with Crippen LogP contribution in [0.25, 0.3) is 5.70 Å². The van der Waals surface area contributed by atoms with E-state index < -0.39 is 0 Å². The minimum absolute atomic E-state index is 0.148. The summed E-state index contributed by atoms with van der Waals surface area (Å²) in [6.07, 6.45) is 10.3. The van der Waals surface area contributed by atoms with Gasteiger partial charge in [-0.25, -0.2) is 4.68 Å². The number of hydrogen-bond donors (Lipinski definition) is 1. The molecule has 1 aromatic heterocycles. The summed E-state index contributed by atoms with van der Waals surface area (Å²) in [7, 11) is 0. The van der Waals surface area contributed by atoms with Crippen LogP contribution < -0.4 is 5.32 Å². The Bertz CT molecular complexity index is 793. The first-order chi connectivity index (χ1) is 11.1. The third-order valence-electron chi connectivity index (χ3n) is 3.48. The molecule has 0 atom stereocenters. The molecule has 0 unspecified atom stereocenters. The molecule has 1 heterocycles. The van der Waals surface area contributed by atoms with Crippen molar-refractivity contribution < 1.29 is 4.79 Å². The molecule has 1 aliphatic carbocycles. The molecule has 0 spiro atoms. The molecule has 0 saturated heterocycles. The SMILES string of the molecule is O=C(Cc1cccc(Cl)c1Cl)Nc1ccn(C2=CCCC=C2)n1. The summed E-state index contributed by atoms with van der Waals surface area (Å²) in [6, 6.07) is 7.01. The van der Waals surface area contributed by atoms with Crippen LogP contribution in [0, 0.1) is 0 Å². The number of rotatable bonds is 4. The Morgan fingerprint density at radius 2 is 2.13 bits per heavy atom. The molecular weight excluding hydrogens is 333 g/mol. The number of amides is 1. The molecule has 0 saturated carbocycles. The fraction of sp³-hybridized carbons (Fsp3) is 0.176. The number of anilines is 1. The van der Waals surface area contributed by atoms with Gasteiger partial charge in [-0.1, -0.05) is 47.5 Å². The highest BCUT2D eigenvalue weighted by Crippen LogP contribution is 2.26. The Labute approximate surface area is 144 Å². The van der Waals surface area contributed by atoms with Gasteiger partial charge in [0.05, 0.1) is 22.2 Å². The van der Waals surface area contributed by atoms with Crippen molar-refractivity contribution in [1.29, 1.82) is 0 Å². The summed E-state index contributed by atoms with van der Waals surface area (Å²) in [4.78, 5) is 12.1. The number of allylic oxidation sites excluding steroid dienone is 4. The molecule has 1 aliphatic rings. The van der Waals surface area contributed by atoms with Crippen molar-refractivity contribution in [3.8, 4) is 0 Å². The predicted octanol–water partition coefficient (Wildman–Crippen LogP) is 4.56.